The Morgan fingerprint density at radius 1 is 1.29 bits per heavy atom. The lowest BCUT2D eigenvalue weighted by atomic mass is 10.1. The summed E-state index contributed by atoms with van der Waals surface area (Å²) in [5.41, 5.74) is 1.30. The summed E-state index contributed by atoms with van der Waals surface area (Å²) in [6.07, 6.45) is 4.37. The van der Waals surface area contributed by atoms with Crippen molar-refractivity contribution in [1.82, 2.24) is 0 Å². The molecular formula is C15H22O2. The van der Waals surface area contributed by atoms with Crippen molar-refractivity contribution in [3.05, 3.63) is 35.9 Å². The minimum Gasteiger partial charge on any atom is -0.463 e. The summed E-state index contributed by atoms with van der Waals surface area (Å²) < 4.78 is 5.34. The number of hydrogen-bond acceptors (Lipinski definition) is 2. The van der Waals surface area contributed by atoms with Gasteiger partial charge in [-0.3, -0.25) is 4.79 Å². The molecule has 17 heavy (non-hydrogen) atoms. The van der Waals surface area contributed by atoms with Crippen LogP contribution in [0.3, 0.4) is 0 Å². The SMILES string of the molecule is CCCCC(=O)O[C@@H](C)CCc1ccccc1. The lowest BCUT2D eigenvalue weighted by Gasteiger charge is -2.13. The van der Waals surface area contributed by atoms with Gasteiger partial charge in [-0.15, -0.1) is 0 Å². The van der Waals surface area contributed by atoms with E-state index in [1.54, 1.807) is 0 Å². The van der Waals surface area contributed by atoms with Crippen LogP contribution in [0.1, 0.15) is 45.1 Å². The van der Waals surface area contributed by atoms with Gasteiger partial charge in [0.2, 0.25) is 0 Å². The topological polar surface area (TPSA) is 26.3 Å². The molecule has 0 aliphatic rings. The average molecular weight is 234 g/mol. The Kier molecular flexibility index (Phi) is 6.38. The minimum atomic E-state index is -0.0626. The van der Waals surface area contributed by atoms with Crippen LogP contribution in [0.5, 0.6) is 0 Å². The normalized spacial score (nSPS) is 12.1. The molecule has 0 N–H and O–H groups in total. The van der Waals surface area contributed by atoms with Crippen LogP contribution < -0.4 is 0 Å². The van der Waals surface area contributed by atoms with Crippen LogP contribution in [-0.2, 0) is 16.0 Å². The monoisotopic (exact) mass is 234 g/mol. The maximum atomic E-state index is 11.4. The van der Waals surface area contributed by atoms with Gasteiger partial charge in [-0.25, -0.2) is 0 Å². The second kappa shape index (κ2) is 7.88. The third-order valence-electron chi connectivity index (χ3n) is 2.75. The first-order valence-corrected chi connectivity index (χ1v) is 6.45. The van der Waals surface area contributed by atoms with Crippen molar-refractivity contribution in [3.8, 4) is 0 Å². The van der Waals surface area contributed by atoms with Crippen molar-refractivity contribution in [2.24, 2.45) is 0 Å². The summed E-state index contributed by atoms with van der Waals surface area (Å²) in [6.45, 7) is 4.04. The third-order valence-corrected chi connectivity index (χ3v) is 2.75. The number of benzene rings is 1. The molecule has 2 nitrogen and oxygen atoms in total. The molecule has 1 atom stereocenters. The van der Waals surface area contributed by atoms with Gasteiger partial charge >= 0.3 is 5.97 Å². The average Bonchev–Trinajstić information content (AvgIpc) is 2.35. The minimum absolute atomic E-state index is 0.0135. The number of unbranched alkanes of at least 4 members (excludes halogenated alkanes) is 1. The summed E-state index contributed by atoms with van der Waals surface area (Å²) >= 11 is 0. The zero-order valence-electron chi connectivity index (χ0n) is 10.8. The van der Waals surface area contributed by atoms with E-state index in [4.69, 9.17) is 4.74 Å². The smallest absolute Gasteiger partial charge is 0.306 e. The predicted molar refractivity (Wildman–Crippen MR) is 69.8 cm³/mol. The van der Waals surface area contributed by atoms with E-state index in [0.717, 1.165) is 25.7 Å². The number of rotatable bonds is 7. The van der Waals surface area contributed by atoms with Crippen LogP contribution in [0.25, 0.3) is 0 Å². The summed E-state index contributed by atoms with van der Waals surface area (Å²) in [6, 6.07) is 10.3. The fourth-order valence-electron chi connectivity index (χ4n) is 1.68. The maximum absolute atomic E-state index is 11.4. The Labute approximate surface area is 104 Å². The standard InChI is InChI=1S/C15H22O2/c1-3-4-10-15(16)17-13(2)11-12-14-8-6-5-7-9-14/h5-9,13H,3-4,10-12H2,1-2H3/t13-/m0/s1. The number of ether oxygens (including phenoxy) is 1. The third kappa shape index (κ3) is 6.10. The van der Waals surface area contributed by atoms with Gasteiger partial charge < -0.3 is 4.74 Å². The first kappa shape index (κ1) is 13.8. The highest BCUT2D eigenvalue weighted by Gasteiger charge is 2.08. The van der Waals surface area contributed by atoms with E-state index in [1.165, 1.54) is 5.56 Å². The van der Waals surface area contributed by atoms with Gasteiger partial charge in [-0.2, -0.15) is 0 Å². The highest BCUT2D eigenvalue weighted by Crippen LogP contribution is 2.08. The van der Waals surface area contributed by atoms with E-state index in [2.05, 4.69) is 19.1 Å². The molecule has 0 aliphatic heterocycles. The van der Waals surface area contributed by atoms with E-state index in [9.17, 15) is 4.79 Å². The van der Waals surface area contributed by atoms with E-state index in [1.807, 2.05) is 25.1 Å². The van der Waals surface area contributed by atoms with Crippen molar-refractivity contribution in [2.75, 3.05) is 0 Å². The van der Waals surface area contributed by atoms with Gasteiger partial charge in [0.05, 0.1) is 6.10 Å². The molecule has 0 unspecified atom stereocenters. The molecule has 0 aliphatic carbocycles. The molecule has 94 valence electrons. The largest absolute Gasteiger partial charge is 0.463 e. The van der Waals surface area contributed by atoms with Gasteiger partial charge in [0, 0.05) is 6.42 Å². The van der Waals surface area contributed by atoms with Gasteiger partial charge in [0.1, 0.15) is 0 Å². The highest BCUT2D eigenvalue weighted by atomic mass is 16.5. The molecule has 0 saturated carbocycles. The Bertz CT molecular complexity index is 319. The lowest BCUT2D eigenvalue weighted by molar-refractivity contribution is -0.148. The molecule has 0 heterocycles. The second-order valence-electron chi connectivity index (χ2n) is 4.43. The maximum Gasteiger partial charge on any atom is 0.306 e. The number of hydrogen-bond donors (Lipinski definition) is 0. The molecule has 0 spiro atoms. The Balaban J connectivity index is 2.21. The summed E-state index contributed by atoms with van der Waals surface area (Å²) in [5.74, 6) is -0.0626. The van der Waals surface area contributed by atoms with Crippen LogP contribution in [-0.4, -0.2) is 12.1 Å². The fourth-order valence-corrected chi connectivity index (χ4v) is 1.68. The number of carbonyl (C=O) groups excluding carboxylic acids is 1. The van der Waals surface area contributed by atoms with E-state index < -0.39 is 0 Å². The van der Waals surface area contributed by atoms with Crippen LogP contribution in [0.4, 0.5) is 0 Å². The Morgan fingerprint density at radius 3 is 2.65 bits per heavy atom. The van der Waals surface area contributed by atoms with Crippen LogP contribution in [0.15, 0.2) is 30.3 Å². The van der Waals surface area contributed by atoms with Crippen LogP contribution in [0, 0.1) is 0 Å². The number of esters is 1. The van der Waals surface area contributed by atoms with Crippen LogP contribution >= 0.6 is 0 Å². The van der Waals surface area contributed by atoms with Crippen LogP contribution in [0.2, 0.25) is 0 Å². The first-order valence-electron chi connectivity index (χ1n) is 6.45. The van der Waals surface area contributed by atoms with Gasteiger partial charge in [0.15, 0.2) is 0 Å². The summed E-state index contributed by atoms with van der Waals surface area (Å²) in [5, 5.41) is 0. The molecule has 1 aromatic carbocycles. The predicted octanol–water partition coefficient (Wildman–Crippen LogP) is 3.74. The molecule has 2 heteroatoms. The molecule has 0 fully saturated rings. The van der Waals surface area contributed by atoms with E-state index in [-0.39, 0.29) is 12.1 Å². The zero-order chi connectivity index (χ0) is 12.5. The van der Waals surface area contributed by atoms with Crippen molar-refractivity contribution < 1.29 is 9.53 Å². The molecule has 0 amide bonds. The Hall–Kier alpha value is -1.31. The number of carbonyl (C=O) groups is 1. The van der Waals surface area contributed by atoms with Crippen molar-refractivity contribution in [3.63, 3.8) is 0 Å². The molecule has 0 radical (unpaired) electrons. The molecule has 0 saturated heterocycles. The van der Waals surface area contributed by atoms with E-state index >= 15 is 0 Å². The summed E-state index contributed by atoms with van der Waals surface area (Å²) in [4.78, 5) is 11.4. The number of aryl methyl sites for hydroxylation is 1. The van der Waals surface area contributed by atoms with Gasteiger partial charge in [-0.1, -0.05) is 43.7 Å². The lowest BCUT2D eigenvalue weighted by Crippen LogP contribution is -2.15. The molecule has 0 aromatic heterocycles. The summed E-state index contributed by atoms with van der Waals surface area (Å²) in [7, 11) is 0. The van der Waals surface area contributed by atoms with E-state index in [0.29, 0.717) is 6.42 Å². The van der Waals surface area contributed by atoms with Gasteiger partial charge in [-0.05, 0) is 31.7 Å². The molecule has 0 bridgehead atoms. The second-order valence-corrected chi connectivity index (χ2v) is 4.43. The quantitative estimate of drug-likeness (QED) is 0.672. The fraction of sp³-hybridized carbons (Fsp3) is 0.533. The Morgan fingerprint density at radius 2 is 2.00 bits per heavy atom. The highest BCUT2D eigenvalue weighted by molar-refractivity contribution is 5.69. The first-order chi connectivity index (χ1) is 8.22. The molecule has 1 rings (SSSR count). The zero-order valence-corrected chi connectivity index (χ0v) is 10.8. The molecule has 1 aromatic rings. The van der Waals surface area contributed by atoms with Crippen molar-refractivity contribution in [2.45, 2.75) is 52.1 Å². The van der Waals surface area contributed by atoms with Crippen molar-refractivity contribution in [1.29, 1.82) is 0 Å². The van der Waals surface area contributed by atoms with Gasteiger partial charge in [0.25, 0.3) is 0 Å². The van der Waals surface area contributed by atoms with Crippen molar-refractivity contribution >= 4 is 5.97 Å². The molecular weight excluding hydrogens is 212 g/mol.